The van der Waals surface area contributed by atoms with Crippen molar-refractivity contribution in [2.24, 2.45) is 0 Å². The molecule has 0 radical (unpaired) electrons. The summed E-state index contributed by atoms with van der Waals surface area (Å²) < 4.78 is 43.1. The van der Waals surface area contributed by atoms with Crippen molar-refractivity contribution < 1.29 is 22.7 Å². The zero-order chi connectivity index (χ0) is 13.9. The third-order valence-corrected chi connectivity index (χ3v) is 2.82. The normalized spacial score (nSPS) is 10.9. The number of hydrogen-bond donors (Lipinski definition) is 0. The number of hydrogen-bond acceptors (Lipinski definition) is 3. The number of nitriles is 1. The number of alkyl halides is 4. The van der Waals surface area contributed by atoms with E-state index in [1.54, 1.807) is 0 Å². The Morgan fingerprint density at radius 3 is 2.50 bits per heavy atom. The van der Waals surface area contributed by atoms with E-state index in [0.717, 1.165) is 19.2 Å². The van der Waals surface area contributed by atoms with Crippen LogP contribution in [0.3, 0.4) is 0 Å². The molecule has 0 bridgehead atoms. The van der Waals surface area contributed by atoms with E-state index < -0.39 is 23.3 Å². The Labute approximate surface area is 109 Å². The predicted octanol–water partition coefficient (Wildman–Crippen LogP) is 3.26. The summed E-state index contributed by atoms with van der Waals surface area (Å²) in [6.45, 7) is 0. The molecule has 0 N–H and O–H groups in total. The smallest absolute Gasteiger partial charge is 0.418 e. The van der Waals surface area contributed by atoms with Gasteiger partial charge in [-0.15, -0.1) is 0 Å². The lowest BCUT2D eigenvalue weighted by Crippen LogP contribution is -2.16. The molecule has 18 heavy (non-hydrogen) atoms. The first-order valence-electron chi connectivity index (χ1n) is 4.64. The van der Waals surface area contributed by atoms with Gasteiger partial charge in [0.05, 0.1) is 29.9 Å². The van der Waals surface area contributed by atoms with Gasteiger partial charge in [0.15, 0.2) is 0 Å². The summed E-state index contributed by atoms with van der Waals surface area (Å²) in [6.07, 6.45) is -4.71. The number of esters is 1. The second kappa shape index (κ2) is 5.40. The monoisotopic (exact) mass is 321 g/mol. The Morgan fingerprint density at radius 1 is 1.50 bits per heavy atom. The standard InChI is InChI=1S/C11H7BrF3NO2/c1-18-10(17)7-3-2-6(5-16)9(8(7)4-12)11(13,14)15/h2-3H,4H2,1H3. The summed E-state index contributed by atoms with van der Waals surface area (Å²) in [4.78, 5) is 11.4. The largest absolute Gasteiger partial charge is 0.465 e. The minimum atomic E-state index is -4.71. The number of carbonyl (C=O) groups excluding carboxylic acids is 1. The number of nitrogens with zero attached hydrogens (tertiary/aromatic N) is 1. The molecule has 0 saturated heterocycles. The molecule has 1 aromatic carbocycles. The summed E-state index contributed by atoms with van der Waals surface area (Å²) in [5.41, 5.74) is -2.14. The van der Waals surface area contributed by atoms with E-state index in [4.69, 9.17) is 5.26 Å². The molecule has 0 atom stereocenters. The second-order valence-electron chi connectivity index (χ2n) is 3.25. The first kappa shape index (κ1) is 14.5. The van der Waals surface area contributed by atoms with Crippen LogP contribution in [-0.2, 0) is 16.2 Å². The van der Waals surface area contributed by atoms with E-state index in [-0.39, 0.29) is 16.5 Å². The summed E-state index contributed by atoms with van der Waals surface area (Å²) in [5.74, 6) is -0.876. The van der Waals surface area contributed by atoms with E-state index in [9.17, 15) is 18.0 Å². The molecule has 0 spiro atoms. The lowest BCUT2D eigenvalue weighted by molar-refractivity contribution is -0.138. The zero-order valence-corrected chi connectivity index (χ0v) is 10.7. The SMILES string of the molecule is COC(=O)c1ccc(C#N)c(C(F)(F)F)c1CBr. The van der Waals surface area contributed by atoms with Gasteiger partial charge < -0.3 is 4.74 Å². The van der Waals surface area contributed by atoms with E-state index >= 15 is 0 Å². The molecule has 0 aliphatic rings. The van der Waals surface area contributed by atoms with Crippen LogP contribution in [0, 0.1) is 11.3 Å². The van der Waals surface area contributed by atoms with Gasteiger partial charge in [-0.1, -0.05) is 15.9 Å². The molecule has 0 aliphatic heterocycles. The summed E-state index contributed by atoms with van der Waals surface area (Å²) in [7, 11) is 1.08. The Bertz CT molecular complexity index is 520. The van der Waals surface area contributed by atoms with Crippen molar-refractivity contribution in [1.29, 1.82) is 5.26 Å². The van der Waals surface area contributed by atoms with Crippen LogP contribution < -0.4 is 0 Å². The average Bonchev–Trinajstić information content (AvgIpc) is 2.34. The van der Waals surface area contributed by atoms with Gasteiger partial charge in [0, 0.05) is 5.33 Å². The van der Waals surface area contributed by atoms with Crippen LogP contribution in [0.1, 0.15) is 27.0 Å². The number of carbonyl (C=O) groups is 1. The van der Waals surface area contributed by atoms with Crippen molar-refractivity contribution in [3.63, 3.8) is 0 Å². The third-order valence-electron chi connectivity index (χ3n) is 2.26. The highest BCUT2D eigenvalue weighted by Crippen LogP contribution is 2.37. The molecule has 1 rings (SSSR count). The quantitative estimate of drug-likeness (QED) is 0.620. The molecule has 3 nitrogen and oxygen atoms in total. The van der Waals surface area contributed by atoms with Gasteiger partial charge in [0.25, 0.3) is 0 Å². The zero-order valence-electron chi connectivity index (χ0n) is 9.14. The number of benzene rings is 1. The van der Waals surface area contributed by atoms with Gasteiger partial charge >= 0.3 is 12.1 Å². The molecule has 96 valence electrons. The van der Waals surface area contributed by atoms with Crippen LogP contribution in [0.25, 0.3) is 0 Å². The summed E-state index contributed by atoms with van der Waals surface area (Å²) in [5, 5.41) is 8.50. The van der Waals surface area contributed by atoms with Crippen molar-refractivity contribution in [2.45, 2.75) is 11.5 Å². The topological polar surface area (TPSA) is 50.1 Å². The van der Waals surface area contributed by atoms with Crippen molar-refractivity contribution in [3.8, 4) is 6.07 Å². The van der Waals surface area contributed by atoms with E-state index in [1.807, 2.05) is 0 Å². The Morgan fingerprint density at radius 2 is 2.11 bits per heavy atom. The fraction of sp³-hybridized carbons (Fsp3) is 0.273. The van der Waals surface area contributed by atoms with Gasteiger partial charge in [-0.3, -0.25) is 0 Å². The molecule has 0 unspecified atom stereocenters. The number of rotatable bonds is 2. The molecule has 7 heteroatoms. The third kappa shape index (κ3) is 2.64. The van der Waals surface area contributed by atoms with Crippen LogP contribution in [0.4, 0.5) is 13.2 Å². The van der Waals surface area contributed by atoms with Gasteiger partial charge in [-0.25, -0.2) is 4.79 Å². The molecule has 0 amide bonds. The molecule has 0 aromatic heterocycles. The Kier molecular flexibility index (Phi) is 4.35. The molecular weight excluding hydrogens is 315 g/mol. The Hall–Kier alpha value is -1.55. The fourth-order valence-corrected chi connectivity index (χ4v) is 2.09. The van der Waals surface area contributed by atoms with E-state index in [1.165, 1.54) is 6.07 Å². The lowest BCUT2D eigenvalue weighted by Gasteiger charge is -2.15. The highest BCUT2D eigenvalue weighted by molar-refractivity contribution is 9.08. The Balaban J connectivity index is 3.64. The number of methoxy groups -OCH3 is 1. The highest BCUT2D eigenvalue weighted by Gasteiger charge is 2.38. The fourth-order valence-electron chi connectivity index (χ4n) is 1.50. The maximum absolute atomic E-state index is 12.9. The minimum absolute atomic E-state index is 0.207. The van der Waals surface area contributed by atoms with Gasteiger partial charge in [0.1, 0.15) is 0 Å². The first-order chi connectivity index (χ1) is 8.36. The minimum Gasteiger partial charge on any atom is -0.465 e. The molecular formula is C11H7BrF3NO2. The van der Waals surface area contributed by atoms with Gasteiger partial charge in [0.2, 0.25) is 0 Å². The lowest BCUT2D eigenvalue weighted by atomic mass is 9.97. The maximum Gasteiger partial charge on any atom is 0.418 e. The predicted molar refractivity (Wildman–Crippen MR) is 60.1 cm³/mol. The van der Waals surface area contributed by atoms with Crippen molar-refractivity contribution in [2.75, 3.05) is 7.11 Å². The van der Waals surface area contributed by atoms with Crippen LogP contribution >= 0.6 is 15.9 Å². The van der Waals surface area contributed by atoms with Gasteiger partial charge in [-0.2, -0.15) is 18.4 Å². The maximum atomic E-state index is 12.9. The van der Waals surface area contributed by atoms with Crippen LogP contribution in [0.5, 0.6) is 0 Å². The first-order valence-corrected chi connectivity index (χ1v) is 5.76. The molecule has 0 aliphatic carbocycles. The number of ether oxygens (including phenoxy) is 1. The second-order valence-corrected chi connectivity index (χ2v) is 3.81. The van der Waals surface area contributed by atoms with Crippen molar-refractivity contribution >= 4 is 21.9 Å². The van der Waals surface area contributed by atoms with Crippen LogP contribution in [0.2, 0.25) is 0 Å². The molecule has 0 heterocycles. The molecule has 1 aromatic rings. The van der Waals surface area contributed by atoms with Crippen LogP contribution in [0.15, 0.2) is 12.1 Å². The molecule has 0 fully saturated rings. The van der Waals surface area contributed by atoms with Crippen LogP contribution in [-0.4, -0.2) is 13.1 Å². The van der Waals surface area contributed by atoms with Crippen molar-refractivity contribution in [1.82, 2.24) is 0 Å². The van der Waals surface area contributed by atoms with Gasteiger partial charge in [-0.05, 0) is 17.7 Å². The summed E-state index contributed by atoms with van der Waals surface area (Å²) in [6, 6.07) is 3.58. The highest BCUT2D eigenvalue weighted by atomic mass is 79.9. The molecule has 0 saturated carbocycles. The number of halogens is 4. The summed E-state index contributed by atoms with van der Waals surface area (Å²) >= 11 is 2.90. The van der Waals surface area contributed by atoms with Crippen molar-refractivity contribution in [3.05, 3.63) is 34.4 Å². The van der Waals surface area contributed by atoms with E-state index in [2.05, 4.69) is 20.7 Å². The average molecular weight is 322 g/mol. The van der Waals surface area contributed by atoms with E-state index in [0.29, 0.717) is 0 Å².